The number of aryl methyl sites for hydroxylation is 1. The van der Waals surface area contributed by atoms with Gasteiger partial charge in [-0.15, -0.1) is 0 Å². The highest BCUT2D eigenvalue weighted by molar-refractivity contribution is 5.23. The Morgan fingerprint density at radius 3 is 2.38 bits per heavy atom. The highest BCUT2D eigenvalue weighted by atomic mass is 15.2. The molecule has 0 saturated carbocycles. The molecular weight excluding hydrogens is 256 g/mol. The zero-order chi connectivity index (χ0) is 15.3. The molecule has 21 heavy (non-hydrogen) atoms. The van der Waals surface area contributed by atoms with Crippen LogP contribution in [0.15, 0.2) is 24.3 Å². The second kappa shape index (κ2) is 7.42. The van der Waals surface area contributed by atoms with Crippen LogP contribution in [0.5, 0.6) is 0 Å². The van der Waals surface area contributed by atoms with E-state index >= 15 is 0 Å². The molecule has 1 aromatic rings. The fraction of sp³-hybridized carbons (Fsp3) is 0.684. The predicted octanol–water partition coefficient (Wildman–Crippen LogP) is 3.78. The van der Waals surface area contributed by atoms with Crippen molar-refractivity contribution in [3.05, 3.63) is 35.4 Å². The van der Waals surface area contributed by atoms with Crippen molar-refractivity contribution in [3.63, 3.8) is 0 Å². The van der Waals surface area contributed by atoms with Gasteiger partial charge in [0.15, 0.2) is 0 Å². The second-order valence-electron chi connectivity index (χ2n) is 7.09. The molecule has 1 aliphatic rings. The average Bonchev–Trinajstić information content (AvgIpc) is 2.74. The summed E-state index contributed by atoms with van der Waals surface area (Å²) in [7, 11) is 2.11. The van der Waals surface area contributed by atoms with Crippen LogP contribution >= 0.6 is 0 Å². The number of hydrogen-bond donors (Lipinski definition) is 1. The summed E-state index contributed by atoms with van der Waals surface area (Å²) in [5.41, 5.74) is 3.00. The van der Waals surface area contributed by atoms with Gasteiger partial charge in [-0.1, -0.05) is 42.7 Å². The first-order chi connectivity index (χ1) is 10.0. The van der Waals surface area contributed by atoms with Crippen LogP contribution in [0, 0.1) is 6.92 Å². The molecule has 0 bridgehead atoms. The van der Waals surface area contributed by atoms with Gasteiger partial charge in [-0.3, -0.25) is 4.90 Å². The van der Waals surface area contributed by atoms with E-state index in [9.17, 15) is 0 Å². The van der Waals surface area contributed by atoms with E-state index in [4.69, 9.17) is 0 Å². The van der Waals surface area contributed by atoms with Crippen LogP contribution in [0.3, 0.4) is 0 Å². The third-order valence-corrected chi connectivity index (χ3v) is 5.14. The van der Waals surface area contributed by atoms with E-state index < -0.39 is 0 Å². The lowest BCUT2D eigenvalue weighted by Crippen LogP contribution is -2.58. The third-order valence-electron chi connectivity index (χ3n) is 5.14. The number of likely N-dealkylation sites (N-methyl/N-ethyl adjacent to an activating group) is 1. The number of benzene rings is 1. The topological polar surface area (TPSA) is 15.3 Å². The van der Waals surface area contributed by atoms with Gasteiger partial charge in [-0.05, 0) is 65.7 Å². The number of nitrogens with one attached hydrogen (secondary N) is 1. The fourth-order valence-electron chi connectivity index (χ4n) is 3.65. The number of nitrogens with zero attached hydrogens (tertiary/aromatic N) is 1. The van der Waals surface area contributed by atoms with Crippen LogP contribution in [-0.2, 0) is 6.42 Å². The minimum absolute atomic E-state index is 0.197. The molecule has 2 rings (SSSR count). The summed E-state index contributed by atoms with van der Waals surface area (Å²) in [6.45, 7) is 9.50. The molecule has 1 aromatic carbocycles. The first-order valence-corrected chi connectivity index (χ1v) is 8.52. The van der Waals surface area contributed by atoms with Crippen LogP contribution in [0.4, 0.5) is 0 Å². The zero-order valence-electron chi connectivity index (χ0n) is 14.3. The smallest absolute Gasteiger partial charge is 0.0309 e. The lowest BCUT2D eigenvalue weighted by molar-refractivity contribution is 0.0864. The maximum atomic E-state index is 3.59. The summed E-state index contributed by atoms with van der Waals surface area (Å²) in [5, 5.41) is 3.59. The van der Waals surface area contributed by atoms with Gasteiger partial charge in [-0.25, -0.2) is 0 Å². The van der Waals surface area contributed by atoms with Gasteiger partial charge >= 0.3 is 0 Å². The SMILES string of the molecule is CNC(Cc1cccc(C)c1)C(C)(C)N1CCCCCC1. The van der Waals surface area contributed by atoms with Crippen molar-refractivity contribution >= 4 is 0 Å². The zero-order valence-corrected chi connectivity index (χ0v) is 14.3. The van der Waals surface area contributed by atoms with Crippen molar-refractivity contribution in [2.45, 2.75) is 64.5 Å². The molecule has 118 valence electrons. The summed E-state index contributed by atoms with van der Waals surface area (Å²) < 4.78 is 0. The van der Waals surface area contributed by atoms with Gasteiger partial charge in [0.05, 0.1) is 0 Å². The molecule has 1 fully saturated rings. The lowest BCUT2D eigenvalue weighted by atomic mass is 9.87. The molecule has 1 atom stereocenters. The van der Waals surface area contributed by atoms with Gasteiger partial charge in [0.1, 0.15) is 0 Å². The van der Waals surface area contributed by atoms with Gasteiger partial charge < -0.3 is 5.32 Å². The number of likely N-dealkylation sites (tertiary alicyclic amines) is 1. The quantitative estimate of drug-likeness (QED) is 0.887. The van der Waals surface area contributed by atoms with E-state index in [0.29, 0.717) is 6.04 Å². The molecule has 1 aliphatic heterocycles. The Labute approximate surface area is 130 Å². The van der Waals surface area contributed by atoms with E-state index in [1.165, 1.54) is 49.9 Å². The van der Waals surface area contributed by atoms with Crippen molar-refractivity contribution in [2.24, 2.45) is 0 Å². The normalized spacial score (nSPS) is 19.2. The van der Waals surface area contributed by atoms with E-state index in [0.717, 1.165) is 6.42 Å². The van der Waals surface area contributed by atoms with Crippen molar-refractivity contribution in [3.8, 4) is 0 Å². The molecule has 1 saturated heterocycles. The van der Waals surface area contributed by atoms with E-state index in [2.05, 4.69) is 62.3 Å². The molecule has 0 radical (unpaired) electrons. The molecule has 0 aromatic heterocycles. The summed E-state index contributed by atoms with van der Waals surface area (Å²) in [5.74, 6) is 0. The summed E-state index contributed by atoms with van der Waals surface area (Å²) in [6.07, 6.45) is 6.60. The maximum absolute atomic E-state index is 3.59. The van der Waals surface area contributed by atoms with Gasteiger partial charge in [0, 0.05) is 11.6 Å². The lowest BCUT2D eigenvalue weighted by Gasteiger charge is -2.44. The standard InChI is InChI=1S/C19H32N2/c1-16-10-9-11-17(14-16)15-18(20-4)19(2,3)21-12-7-5-6-8-13-21/h9-11,14,18,20H,5-8,12-13,15H2,1-4H3. The molecule has 0 aliphatic carbocycles. The molecule has 1 heterocycles. The third kappa shape index (κ3) is 4.31. The molecule has 0 spiro atoms. The van der Waals surface area contributed by atoms with E-state index in [-0.39, 0.29) is 5.54 Å². The van der Waals surface area contributed by atoms with Gasteiger partial charge in [0.2, 0.25) is 0 Å². The van der Waals surface area contributed by atoms with Crippen molar-refractivity contribution in [1.29, 1.82) is 0 Å². The summed E-state index contributed by atoms with van der Waals surface area (Å²) in [4.78, 5) is 2.71. The van der Waals surface area contributed by atoms with E-state index in [1.54, 1.807) is 0 Å². The van der Waals surface area contributed by atoms with Gasteiger partial charge in [0.25, 0.3) is 0 Å². The second-order valence-corrected chi connectivity index (χ2v) is 7.09. The van der Waals surface area contributed by atoms with Gasteiger partial charge in [-0.2, -0.15) is 0 Å². The highest BCUT2D eigenvalue weighted by Gasteiger charge is 2.34. The fourth-order valence-corrected chi connectivity index (χ4v) is 3.65. The maximum Gasteiger partial charge on any atom is 0.0309 e. The Bertz CT molecular complexity index is 431. The predicted molar refractivity (Wildman–Crippen MR) is 91.9 cm³/mol. The van der Waals surface area contributed by atoms with Crippen LogP contribution < -0.4 is 5.32 Å². The molecule has 1 N–H and O–H groups in total. The van der Waals surface area contributed by atoms with Crippen molar-refractivity contribution in [2.75, 3.05) is 20.1 Å². The Morgan fingerprint density at radius 2 is 1.81 bits per heavy atom. The summed E-state index contributed by atoms with van der Waals surface area (Å²) in [6, 6.07) is 9.42. The van der Waals surface area contributed by atoms with Crippen molar-refractivity contribution < 1.29 is 0 Å². The Hall–Kier alpha value is -0.860. The Morgan fingerprint density at radius 1 is 1.14 bits per heavy atom. The van der Waals surface area contributed by atoms with Crippen LogP contribution in [0.25, 0.3) is 0 Å². The summed E-state index contributed by atoms with van der Waals surface area (Å²) >= 11 is 0. The Kier molecular flexibility index (Phi) is 5.83. The van der Waals surface area contributed by atoms with Crippen LogP contribution in [-0.4, -0.2) is 36.6 Å². The monoisotopic (exact) mass is 288 g/mol. The minimum Gasteiger partial charge on any atom is -0.315 e. The Balaban J connectivity index is 2.10. The highest BCUT2D eigenvalue weighted by Crippen LogP contribution is 2.25. The molecule has 2 nitrogen and oxygen atoms in total. The minimum atomic E-state index is 0.197. The molecule has 1 unspecified atom stereocenters. The molecular formula is C19H32N2. The largest absolute Gasteiger partial charge is 0.315 e. The van der Waals surface area contributed by atoms with Crippen LogP contribution in [0.1, 0.15) is 50.7 Å². The average molecular weight is 288 g/mol. The number of hydrogen-bond acceptors (Lipinski definition) is 2. The van der Waals surface area contributed by atoms with E-state index in [1.807, 2.05) is 0 Å². The van der Waals surface area contributed by atoms with Crippen LogP contribution in [0.2, 0.25) is 0 Å². The first-order valence-electron chi connectivity index (χ1n) is 8.52. The first kappa shape index (κ1) is 16.5. The van der Waals surface area contributed by atoms with Crippen molar-refractivity contribution in [1.82, 2.24) is 10.2 Å². The number of rotatable bonds is 5. The molecule has 0 amide bonds. The molecule has 2 heteroatoms.